The molecule has 0 saturated carbocycles. The van der Waals surface area contributed by atoms with Gasteiger partial charge in [-0.3, -0.25) is 9.59 Å². The number of rotatable bonds is 8. The molecule has 166 valence electrons. The number of carbonyl (C=O) groups is 2. The minimum absolute atomic E-state index is 0.0630. The van der Waals surface area contributed by atoms with Crippen molar-refractivity contribution in [2.75, 3.05) is 16.4 Å². The van der Waals surface area contributed by atoms with E-state index in [-0.39, 0.29) is 17.6 Å². The summed E-state index contributed by atoms with van der Waals surface area (Å²) in [5.41, 5.74) is 3.53. The van der Waals surface area contributed by atoms with Gasteiger partial charge in [0.05, 0.1) is 17.9 Å². The predicted octanol–water partition coefficient (Wildman–Crippen LogP) is 6.48. The molecule has 0 radical (unpaired) electrons. The molecule has 0 fully saturated rings. The average molecular weight is 538 g/mol. The van der Waals surface area contributed by atoms with E-state index in [0.29, 0.717) is 11.6 Å². The minimum Gasteiger partial charge on any atom is -0.326 e. The highest BCUT2D eigenvalue weighted by atomic mass is 79.9. The lowest BCUT2D eigenvalue weighted by Crippen LogP contribution is -2.14. The van der Waals surface area contributed by atoms with Crippen LogP contribution in [0.4, 0.5) is 10.8 Å². The third kappa shape index (κ3) is 7.02. The Balaban J connectivity index is 1.24. The molecule has 0 aliphatic rings. The standard InChI is InChI=1S/C25H20BrN3O2S2/c26-19-8-6-18(7-9-19)22-15-33-25(28-22)29-24(31)16-32-21-12-10-20(11-13-21)27-23(30)14-17-4-2-1-3-5-17/h1-13,15H,14,16H2,(H,27,30)(H,28,29,31). The summed E-state index contributed by atoms with van der Waals surface area (Å²) in [7, 11) is 0. The second kappa shape index (κ2) is 11.3. The summed E-state index contributed by atoms with van der Waals surface area (Å²) in [5, 5.41) is 8.26. The fourth-order valence-electron chi connectivity index (χ4n) is 3.01. The molecule has 4 rings (SSSR count). The van der Waals surface area contributed by atoms with Crippen LogP contribution in [0, 0.1) is 0 Å². The number of hydrogen-bond donors (Lipinski definition) is 2. The molecule has 33 heavy (non-hydrogen) atoms. The highest BCUT2D eigenvalue weighted by Crippen LogP contribution is 2.27. The Labute approximate surface area is 208 Å². The molecule has 0 aliphatic carbocycles. The molecule has 0 spiro atoms. The van der Waals surface area contributed by atoms with Crippen molar-refractivity contribution in [3.8, 4) is 11.3 Å². The number of halogens is 1. The molecule has 0 atom stereocenters. The van der Waals surface area contributed by atoms with Crippen LogP contribution in [0.1, 0.15) is 5.56 Å². The molecular formula is C25H20BrN3O2S2. The van der Waals surface area contributed by atoms with E-state index < -0.39 is 0 Å². The molecule has 5 nitrogen and oxygen atoms in total. The second-order valence-electron chi connectivity index (χ2n) is 7.12. The summed E-state index contributed by atoms with van der Waals surface area (Å²) >= 11 is 6.26. The first kappa shape index (κ1) is 23.2. The lowest BCUT2D eigenvalue weighted by molar-refractivity contribution is -0.115. The Bertz CT molecular complexity index is 1230. The van der Waals surface area contributed by atoms with Crippen LogP contribution in [0.3, 0.4) is 0 Å². The van der Waals surface area contributed by atoms with Crippen LogP contribution < -0.4 is 10.6 Å². The Morgan fingerprint density at radius 1 is 0.879 bits per heavy atom. The van der Waals surface area contributed by atoms with Crippen molar-refractivity contribution >= 4 is 61.7 Å². The molecule has 1 aromatic heterocycles. The van der Waals surface area contributed by atoms with Crippen LogP contribution in [0.2, 0.25) is 0 Å². The minimum atomic E-state index is -0.114. The van der Waals surface area contributed by atoms with Crippen LogP contribution in [-0.4, -0.2) is 22.6 Å². The normalized spacial score (nSPS) is 10.6. The van der Waals surface area contributed by atoms with E-state index in [4.69, 9.17) is 0 Å². The molecule has 3 aromatic carbocycles. The van der Waals surface area contributed by atoms with Crippen LogP contribution in [0.25, 0.3) is 11.3 Å². The van der Waals surface area contributed by atoms with Gasteiger partial charge in [-0.2, -0.15) is 0 Å². The van der Waals surface area contributed by atoms with Crippen LogP contribution >= 0.6 is 39.0 Å². The van der Waals surface area contributed by atoms with Gasteiger partial charge in [0.25, 0.3) is 0 Å². The van der Waals surface area contributed by atoms with E-state index in [1.807, 2.05) is 84.2 Å². The number of nitrogens with one attached hydrogen (secondary N) is 2. The number of carbonyl (C=O) groups excluding carboxylic acids is 2. The van der Waals surface area contributed by atoms with Gasteiger partial charge < -0.3 is 10.6 Å². The summed E-state index contributed by atoms with van der Waals surface area (Å²) < 4.78 is 1.01. The maximum atomic E-state index is 12.3. The van der Waals surface area contributed by atoms with E-state index in [1.165, 1.54) is 23.1 Å². The lowest BCUT2D eigenvalue weighted by atomic mass is 10.1. The molecule has 4 aromatic rings. The Morgan fingerprint density at radius 2 is 1.61 bits per heavy atom. The van der Waals surface area contributed by atoms with Gasteiger partial charge in [0, 0.05) is 26.0 Å². The third-order valence-electron chi connectivity index (χ3n) is 4.61. The monoisotopic (exact) mass is 537 g/mol. The Morgan fingerprint density at radius 3 is 2.33 bits per heavy atom. The molecule has 2 amide bonds. The first-order valence-electron chi connectivity index (χ1n) is 10.1. The zero-order valence-electron chi connectivity index (χ0n) is 17.5. The fraction of sp³-hybridized carbons (Fsp3) is 0.0800. The topological polar surface area (TPSA) is 71.1 Å². The van der Waals surface area contributed by atoms with Crippen molar-refractivity contribution in [2.45, 2.75) is 11.3 Å². The number of amides is 2. The summed E-state index contributed by atoms with van der Waals surface area (Å²) in [4.78, 5) is 30.0. The lowest BCUT2D eigenvalue weighted by Gasteiger charge is -2.07. The number of thiazole rings is 1. The van der Waals surface area contributed by atoms with Gasteiger partial charge in [0.15, 0.2) is 5.13 Å². The number of nitrogens with zero attached hydrogens (tertiary/aromatic N) is 1. The summed E-state index contributed by atoms with van der Waals surface area (Å²) in [5.74, 6) is 0.0938. The molecule has 0 aliphatic heterocycles. The van der Waals surface area contributed by atoms with Crippen molar-refractivity contribution in [3.63, 3.8) is 0 Å². The van der Waals surface area contributed by atoms with Gasteiger partial charge in [-0.05, 0) is 42.0 Å². The smallest absolute Gasteiger partial charge is 0.236 e. The fourth-order valence-corrected chi connectivity index (χ4v) is 4.71. The van der Waals surface area contributed by atoms with Crippen molar-refractivity contribution < 1.29 is 9.59 Å². The Hall–Kier alpha value is -2.94. The zero-order valence-corrected chi connectivity index (χ0v) is 20.7. The van der Waals surface area contributed by atoms with Crippen LogP contribution in [0.15, 0.2) is 93.6 Å². The van der Waals surface area contributed by atoms with Crippen molar-refractivity contribution in [1.29, 1.82) is 0 Å². The number of anilines is 2. The number of aromatic nitrogens is 1. The van der Waals surface area contributed by atoms with Gasteiger partial charge in [-0.1, -0.05) is 58.4 Å². The molecule has 1 heterocycles. The van der Waals surface area contributed by atoms with Crippen molar-refractivity contribution in [2.24, 2.45) is 0 Å². The van der Waals surface area contributed by atoms with Gasteiger partial charge in [-0.15, -0.1) is 23.1 Å². The summed E-state index contributed by atoms with van der Waals surface area (Å²) in [6, 6.07) is 25.0. The van der Waals surface area contributed by atoms with Gasteiger partial charge >= 0.3 is 0 Å². The maximum Gasteiger partial charge on any atom is 0.236 e. The first-order chi connectivity index (χ1) is 16.0. The Kier molecular flexibility index (Phi) is 7.93. The number of benzene rings is 3. The highest BCUT2D eigenvalue weighted by Gasteiger charge is 2.09. The van der Waals surface area contributed by atoms with Crippen molar-refractivity contribution in [1.82, 2.24) is 4.98 Å². The van der Waals surface area contributed by atoms with E-state index in [1.54, 1.807) is 0 Å². The maximum absolute atomic E-state index is 12.3. The molecule has 0 bridgehead atoms. The van der Waals surface area contributed by atoms with Gasteiger partial charge in [0.1, 0.15) is 0 Å². The van der Waals surface area contributed by atoms with Crippen LogP contribution in [-0.2, 0) is 16.0 Å². The predicted molar refractivity (Wildman–Crippen MR) is 140 cm³/mol. The van der Waals surface area contributed by atoms with Gasteiger partial charge in [0.2, 0.25) is 11.8 Å². The average Bonchev–Trinajstić information content (AvgIpc) is 3.28. The highest BCUT2D eigenvalue weighted by molar-refractivity contribution is 9.10. The molecule has 2 N–H and O–H groups in total. The molecule has 8 heteroatoms. The zero-order chi connectivity index (χ0) is 23.0. The largest absolute Gasteiger partial charge is 0.326 e. The second-order valence-corrected chi connectivity index (χ2v) is 9.94. The number of hydrogen-bond acceptors (Lipinski definition) is 5. The molecular weight excluding hydrogens is 518 g/mol. The quantitative estimate of drug-likeness (QED) is 0.252. The van der Waals surface area contributed by atoms with Crippen molar-refractivity contribution in [3.05, 3.63) is 94.3 Å². The third-order valence-corrected chi connectivity index (χ3v) is 6.90. The molecule has 0 saturated heterocycles. The molecule has 0 unspecified atom stereocenters. The summed E-state index contributed by atoms with van der Waals surface area (Å²) in [6.45, 7) is 0. The van der Waals surface area contributed by atoms with Crippen LogP contribution in [0.5, 0.6) is 0 Å². The van der Waals surface area contributed by atoms with E-state index in [9.17, 15) is 9.59 Å². The van der Waals surface area contributed by atoms with E-state index >= 15 is 0 Å². The first-order valence-corrected chi connectivity index (χ1v) is 12.8. The SMILES string of the molecule is O=C(Cc1ccccc1)Nc1ccc(SCC(=O)Nc2nc(-c3ccc(Br)cc3)cs2)cc1. The van der Waals surface area contributed by atoms with E-state index in [0.717, 1.165) is 31.9 Å². The van der Waals surface area contributed by atoms with E-state index in [2.05, 4.69) is 31.5 Å². The summed E-state index contributed by atoms with van der Waals surface area (Å²) in [6.07, 6.45) is 0.331. The number of thioether (sulfide) groups is 1. The van der Waals surface area contributed by atoms with Gasteiger partial charge in [-0.25, -0.2) is 4.98 Å².